The molecular formula is C16H22N6. The second-order valence-corrected chi connectivity index (χ2v) is 5.84. The highest BCUT2D eigenvalue weighted by Gasteiger charge is 2.16. The van der Waals surface area contributed by atoms with Gasteiger partial charge in [-0.05, 0) is 31.3 Å². The molecule has 0 radical (unpaired) electrons. The highest BCUT2D eigenvalue weighted by molar-refractivity contribution is 5.72. The number of rotatable bonds is 3. The normalized spacial score (nSPS) is 15.9. The summed E-state index contributed by atoms with van der Waals surface area (Å²) in [5.74, 6) is 1.86. The maximum atomic E-state index is 4.42. The summed E-state index contributed by atoms with van der Waals surface area (Å²) < 4.78 is 0. The van der Waals surface area contributed by atoms with Crippen molar-refractivity contribution < 1.29 is 0 Å². The van der Waals surface area contributed by atoms with Crippen LogP contribution in [0.2, 0.25) is 0 Å². The molecule has 3 rings (SSSR count). The fourth-order valence-corrected chi connectivity index (χ4v) is 2.63. The number of piperazine rings is 1. The van der Waals surface area contributed by atoms with Crippen molar-refractivity contribution in [1.29, 1.82) is 0 Å². The zero-order valence-electron chi connectivity index (χ0n) is 13.4. The molecule has 0 aliphatic carbocycles. The van der Waals surface area contributed by atoms with E-state index < -0.39 is 0 Å². The van der Waals surface area contributed by atoms with Gasteiger partial charge in [0.25, 0.3) is 0 Å². The highest BCUT2D eigenvalue weighted by Crippen LogP contribution is 2.26. The molecule has 0 spiro atoms. The van der Waals surface area contributed by atoms with Gasteiger partial charge in [-0.25, -0.2) is 4.98 Å². The lowest BCUT2D eigenvalue weighted by molar-refractivity contribution is 0.312. The summed E-state index contributed by atoms with van der Waals surface area (Å²) in [6, 6.07) is 8.05. The Morgan fingerprint density at radius 2 is 1.77 bits per heavy atom. The van der Waals surface area contributed by atoms with E-state index in [1.54, 1.807) is 6.20 Å². The zero-order chi connectivity index (χ0) is 15.5. The van der Waals surface area contributed by atoms with Crippen LogP contribution in [0.15, 0.2) is 30.5 Å². The molecule has 1 aliphatic heterocycles. The first kappa shape index (κ1) is 14.7. The lowest BCUT2D eigenvalue weighted by Gasteiger charge is -2.32. The first-order valence-electron chi connectivity index (χ1n) is 7.55. The number of hydrogen-bond donors (Lipinski definition) is 0. The van der Waals surface area contributed by atoms with Crippen molar-refractivity contribution in [3.05, 3.63) is 30.5 Å². The summed E-state index contributed by atoms with van der Waals surface area (Å²) in [6.45, 7) is 4.13. The monoisotopic (exact) mass is 298 g/mol. The molecule has 2 aromatic rings. The first-order chi connectivity index (χ1) is 10.6. The summed E-state index contributed by atoms with van der Waals surface area (Å²) in [6.07, 6.45) is 1.80. The Kier molecular flexibility index (Phi) is 4.20. The van der Waals surface area contributed by atoms with Gasteiger partial charge < -0.3 is 14.7 Å². The number of aromatic nitrogens is 3. The molecule has 6 nitrogen and oxygen atoms in total. The van der Waals surface area contributed by atoms with E-state index in [9.17, 15) is 0 Å². The molecule has 6 heteroatoms. The van der Waals surface area contributed by atoms with Gasteiger partial charge in [0.15, 0.2) is 5.82 Å². The van der Waals surface area contributed by atoms with Crippen LogP contribution >= 0.6 is 0 Å². The molecule has 0 unspecified atom stereocenters. The maximum absolute atomic E-state index is 4.42. The van der Waals surface area contributed by atoms with Crippen LogP contribution in [-0.2, 0) is 0 Å². The summed E-state index contributed by atoms with van der Waals surface area (Å²) in [5, 5.41) is 8.83. The fourth-order valence-electron chi connectivity index (χ4n) is 2.63. The molecule has 3 heterocycles. The molecule has 0 aromatic carbocycles. The summed E-state index contributed by atoms with van der Waals surface area (Å²) in [4.78, 5) is 11.0. The van der Waals surface area contributed by atoms with Crippen LogP contribution in [-0.4, -0.2) is 67.4 Å². The third kappa shape index (κ3) is 3.01. The van der Waals surface area contributed by atoms with Gasteiger partial charge in [-0.2, -0.15) is 0 Å². The molecule has 22 heavy (non-hydrogen) atoms. The fraction of sp³-hybridized carbons (Fsp3) is 0.438. The maximum Gasteiger partial charge on any atom is 0.151 e. The standard InChI is InChI=1S/C16H22N6/c1-20(2)16-13(5-4-8-17-16)14-6-7-15(19-18-14)22-11-9-21(3)10-12-22/h4-8H,9-12H2,1-3H3. The smallest absolute Gasteiger partial charge is 0.151 e. The lowest BCUT2D eigenvalue weighted by Crippen LogP contribution is -2.44. The van der Waals surface area contributed by atoms with Gasteiger partial charge in [0.2, 0.25) is 0 Å². The van der Waals surface area contributed by atoms with E-state index in [4.69, 9.17) is 0 Å². The van der Waals surface area contributed by atoms with Gasteiger partial charge in [-0.3, -0.25) is 0 Å². The summed E-state index contributed by atoms with van der Waals surface area (Å²) in [5.41, 5.74) is 1.86. The van der Waals surface area contributed by atoms with Crippen molar-refractivity contribution in [3.63, 3.8) is 0 Å². The second-order valence-electron chi connectivity index (χ2n) is 5.84. The number of likely N-dealkylation sites (N-methyl/N-ethyl adjacent to an activating group) is 1. The van der Waals surface area contributed by atoms with Crippen molar-refractivity contribution in [2.24, 2.45) is 0 Å². The predicted octanol–water partition coefficient (Wildman–Crippen LogP) is 1.36. The summed E-state index contributed by atoms with van der Waals surface area (Å²) in [7, 11) is 6.12. The molecule has 1 fully saturated rings. The number of anilines is 2. The Labute approximate surface area is 131 Å². The van der Waals surface area contributed by atoms with Crippen molar-refractivity contribution in [2.45, 2.75) is 0 Å². The lowest BCUT2D eigenvalue weighted by atomic mass is 10.1. The minimum absolute atomic E-state index is 0.856. The topological polar surface area (TPSA) is 48.4 Å². The predicted molar refractivity (Wildman–Crippen MR) is 89.3 cm³/mol. The Hall–Kier alpha value is -2.21. The minimum atomic E-state index is 0.856. The van der Waals surface area contributed by atoms with Gasteiger partial charge in [0.05, 0.1) is 5.69 Å². The average molecular weight is 298 g/mol. The molecule has 0 bridgehead atoms. The van der Waals surface area contributed by atoms with Gasteiger partial charge in [-0.1, -0.05) is 0 Å². The molecule has 2 aromatic heterocycles. The Morgan fingerprint density at radius 1 is 1.00 bits per heavy atom. The van der Waals surface area contributed by atoms with Crippen LogP contribution in [0.1, 0.15) is 0 Å². The molecule has 0 saturated carbocycles. The Bertz CT molecular complexity index is 617. The average Bonchev–Trinajstić information content (AvgIpc) is 2.56. The first-order valence-corrected chi connectivity index (χ1v) is 7.55. The van der Waals surface area contributed by atoms with Crippen LogP contribution < -0.4 is 9.80 Å². The van der Waals surface area contributed by atoms with Crippen LogP contribution in [0, 0.1) is 0 Å². The third-order valence-corrected chi connectivity index (χ3v) is 3.96. The van der Waals surface area contributed by atoms with Gasteiger partial charge in [0.1, 0.15) is 5.82 Å². The molecule has 116 valence electrons. The van der Waals surface area contributed by atoms with Crippen LogP contribution in [0.4, 0.5) is 11.6 Å². The summed E-state index contributed by atoms with van der Waals surface area (Å²) >= 11 is 0. The second kappa shape index (κ2) is 6.27. The third-order valence-electron chi connectivity index (χ3n) is 3.96. The van der Waals surface area contributed by atoms with E-state index in [1.807, 2.05) is 37.2 Å². The van der Waals surface area contributed by atoms with Crippen molar-refractivity contribution in [3.8, 4) is 11.3 Å². The number of pyridine rings is 1. The van der Waals surface area contributed by atoms with E-state index in [0.29, 0.717) is 0 Å². The molecule has 1 aliphatic rings. The van der Waals surface area contributed by atoms with Crippen LogP contribution in [0.25, 0.3) is 11.3 Å². The Morgan fingerprint density at radius 3 is 2.41 bits per heavy atom. The van der Waals surface area contributed by atoms with E-state index in [1.165, 1.54) is 0 Å². The number of hydrogen-bond acceptors (Lipinski definition) is 6. The van der Waals surface area contributed by atoms with Crippen molar-refractivity contribution >= 4 is 11.6 Å². The molecule has 1 saturated heterocycles. The van der Waals surface area contributed by atoms with Gasteiger partial charge in [0, 0.05) is 52.0 Å². The van der Waals surface area contributed by atoms with Crippen LogP contribution in [0.3, 0.4) is 0 Å². The SMILES string of the molecule is CN1CCN(c2ccc(-c3cccnc3N(C)C)nn2)CC1. The Balaban J connectivity index is 1.83. The van der Waals surface area contributed by atoms with Gasteiger partial charge in [-0.15, -0.1) is 10.2 Å². The largest absolute Gasteiger partial charge is 0.362 e. The highest BCUT2D eigenvalue weighted by atomic mass is 15.3. The van der Waals surface area contributed by atoms with Crippen molar-refractivity contribution in [2.75, 3.05) is 57.1 Å². The van der Waals surface area contributed by atoms with E-state index in [0.717, 1.165) is 49.1 Å². The van der Waals surface area contributed by atoms with Gasteiger partial charge >= 0.3 is 0 Å². The molecule has 0 atom stereocenters. The van der Waals surface area contributed by atoms with Crippen LogP contribution in [0.5, 0.6) is 0 Å². The molecular weight excluding hydrogens is 276 g/mol. The molecule has 0 amide bonds. The van der Waals surface area contributed by atoms with E-state index in [-0.39, 0.29) is 0 Å². The molecule has 0 N–H and O–H groups in total. The minimum Gasteiger partial charge on any atom is -0.362 e. The van der Waals surface area contributed by atoms with E-state index >= 15 is 0 Å². The quantitative estimate of drug-likeness (QED) is 0.853. The van der Waals surface area contributed by atoms with Crippen molar-refractivity contribution in [1.82, 2.24) is 20.1 Å². The number of nitrogens with zero attached hydrogens (tertiary/aromatic N) is 6. The zero-order valence-corrected chi connectivity index (χ0v) is 13.4. The van der Waals surface area contributed by atoms with E-state index in [2.05, 4.69) is 38.1 Å².